The number of carbonyl (C=O) groups is 1. The molecule has 27 heavy (non-hydrogen) atoms. The lowest BCUT2D eigenvalue weighted by Crippen LogP contribution is -2.62. The van der Waals surface area contributed by atoms with E-state index in [0.29, 0.717) is 0 Å². The number of aliphatic hydroxyl groups is 7. The molecule has 0 radical (unpaired) electrons. The summed E-state index contributed by atoms with van der Waals surface area (Å²) >= 11 is 0. The molecule has 0 unspecified atom stereocenters. The van der Waals surface area contributed by atoms with Gasteiger partial charge in [0.2, 0.25) is 5.79 Å². The van der Waals surface area contributed by atoms with E-state index in [2.05, 4.69) is 6.58 Å². The zero-order valence-corrected chi connectivity index (χ0v) is 14.2. The maximum absolute atomic E-state index is 11.2. The van der Waals surface area contributed by atoms with Gasteiger partial charge in [0.25, 0.3) is 0 Å². The Morgan fingerprint density at radius 2 is 1.70 bits per heavy atom. The maximum Gasteiger partial charge on any atom is 0.330 e. The highest BCUT2D eigenvalue weighted by Gasteiger charge is 2.58. The van der Waals surface area contributed by atoms with Gasteiger partial charge in [0, 0.05) is 6.08 Å². The maximum atomic E-state index is 11.2. The molecule has 9 atom stereocenters. The molecule has 2 fully saturated rings. The van der Waals surface area contributed by atoms with Gasteiger partial charge < -0.3 is 54.7 Å². The van der Waals surface area contributed by atoms with Crippen LogP contribution in [-0.2, 0) is 23.7 Å². The Morgan fingerprint density at radius 1 is 1.04 bits per heavy atom. The van der Waals surface area contributed by atoms with Gasteiger partial charge in [0.05, 0.1) is 6.61 Å². The molecule has 0 spiro atoms. The van der Waals surface area contributed by atoms with Crippen molar-refractivity contribution < 1.29 is 59.5 Å². The molecular formula is C15H24O12. The number of carbonyl (C=O) groups excluding carboxylic acids is 1. The van der Waals surface area contributed by atoms with Gasteiger partial charge in [0.15, 0.2) is 6.29 Å². The summed E-state index contributed by atoms with van der Waals surface area (Å²) in [4.78, 5) is 11.2. The smallest absolute Gasteiger partial charge is 0.330 e. The fraction of sp³-hybridized carbons (Fsp3) is 0.800. The monoisotopic (exact) mass is 396 g/mol. The van der Waals surface area contributed by atoms with Gasteiger partial charge in [-0.1, -0.05) is 6.58 Å². The first-order valence-corrected chi connectivity index (χ1v) is 8.13. The molecule has 0 aliphatic carbocycles. The molecule has 2 heterocycles. The van der Waals surface area contributed by atoms with Crippen LogP contribution in [0.15, 0.2) is 12.7 Å². The van der Waals surface area contributed by atoms with Crippen LogP contribution in [0.3, 0.4) is 0 Å². The van der Waals surface area contributed by atoms with Crippen LogP contribution < -0.4 is 0 Å². The summed E-state index contributed by atoms with van der Waals surface area (Å²) < 4.78 is 20.5. The fourth-order valence-electron chi connectivity index (χ4n) is 2.84. The number of rotatable bonds is 7. The first-order chi connectivity index (χ1) is 12.7. The summed E-state index contributed by atoms with van der Waals surface area (Å²) in [6.45, 7) is 0.983. The molecule has 0 saturated carbocycles. The minimum Gasteiger partial charge on any atom is -0.460 e. The van der Waals surface area contributed by atoms with Gasteiger partial charge >= 0.3 is 5.97 Å². The van der Waals surface area contributed by atoms with Crippen LogP contribution in [0.25, 0.3) is 0 Å². The molecule has 2 rings (SSSR count). The van der Waals surface area contributed by atoms with Crippen LogP contribution in [0.4, 0.5) is 0 Å². The standard InChI is InChI=1S/C15H24O12/c1-2-8(18)24-4-7-9(19)11(21)12(22)14(25-7)27-15(5-17)13(23)10(20)6(3-16)26-15/h2,6-7,9-14,16-17,19-23H,1,3-5H2/t6-,7-,9-,10-,11+,12-,13+,14-,15+/m1/s1. The quantitative estimate of drug-likeness (QED) is 0.161. The highest BCUT2D eigenvalue weighted by Crippen LogP contribution is 2.35. The predicted octanol–water partition coefficient (Wildman–Crippen LogP) is -4.66. The Bertz CT molecular complexity index is 529. The van der Waals surface area contributed by atoms with Gasteiger partial charge in [-0.25, -0.2) is 4.79 Å². The van der Waals surface area contributed by atoms with Crippen molar-refractivity contribution in [1.82, 2.24) is 0 Å². The van der Waals surface area contributed by atoms with Crippen LogP contribution in [0, 0.1) is 0 Å². The summed E-state index contributed by atoms with van der Waals surface area (Å²) in [6.07, 6.45) is -12.2. The van der Waals surface area contributed by atoms with Crippen molar-refractivity contribution in [1.29, 1.82) is 0 Å². The fourth-order valence-corrected chi connectivity index (χ4v) is 2.84. The molecular weight excluding hydrogens is 372 g/mol. The highest BCUT2D eigenvalue weighted by atomic mass is 16.8. The van der Waals surface area contributed by atoms with E-state index in [9.17, 15) is 35.4 Å². The Labute approximate surface area is 153 Å². The van der Waals surface area contributed by atoms with Crippen LogP contribution >= 0.6 is 0 Å². The minimum absolute atomic E-state index is 0.521. The third kappa shape index (κ3) is 4.30. The van der Waals surface area contributed by atoms with E-state index in [1.54, 1.807) is 0 Å². The second-order valence-corrected chi connectivity index (χ2v) is 6.21. The molecule has 7 N–H and O–H groups in total. The second-order valence-electron chi connectivity index (χ2n) is 6.21. The normalized spacial score (nSPS) is 44.9. The third-order valence-corrected chi connectivity index (χ3v) is 4.45. The SMILES string of the molecule is C=CC(=O)OC[C@H]1O[C@H](O[C@]2(CO)O[C@H](CO)[C@@H](O)[C@@H]2O)[C@H](O)[C@@H](O)[C@@H]1O. The first-order valence-electron chi connectivity index (χ1n) is 8.13. The predicted molar refractivity (Wildman–Crippen MR) is 82.7 cm³/mol. The second kappa shape index (κ2) is 8.87. The molecule has 12 heteroatoms. The molecule has 0 aromatic carbocycles. The molecule has 2 aliphatic heterocycles. The summed E-state index contributed by atoms with van der Waals surface area (Å²) in [5.74, 6) is -3.10. The van der Waals surface area contributed by atoms with E-state index < -0.39 is 80.6 Å². The van der Waals surface area contributed by atoms with Crippen molar-refractivity contribution in [3.05, 3.63) is 12.7 Å². The molecule has 0 bridgehead atoms. The number of esters is 1. The van der Waals surface area contributed by atoms with Gasteiger partial charge in [-0.2, -0.15) is 0 Å². The van der Waals surface area contributed by atoms with E-state index in [4.69, 9.17) is 24.1 Å². The van der Waals surface area contributed by atoms with Gasteiger partial charge in [-0.15, -0.1) is 0 Å². The number of hydrogen-bond donors (Lipinski definition) is 7. The number of ether oxygens (including phenoxy) is 4. The Morgan fingerprint density at radius 3 is 2.22 bits per heavy atom. The molecule has 0 aromatic heterocycles. The lowest BCUT2D eigenvalue weighted by atomic mass is 9.99. The topological polar surface area (TPSA) is 196 Å². The summed E-state index contributed by atoms with van der Waals surface area (Å²) in [5, 5.41) is 68.7. The lowest BCUT2D eigenvalue weighted by molar-refractivity contribution is -0.383. The van der Waals surface area contributed by atoms with Crippen molar-refractivity contribution >= 4 is 5.97 Å². The van der Waals surface area contributed by atoms with E-state index >= 15 is 0 Å². The molecule has 0 aromatic rings. The zero-order chi connectivity index (χ0) is 20.4. The largest absolute Gasteiger partial charge is 0.460 e. The van der Waals surface area contributed by atoms with Crippen molar-refractivity contribution in [2.24, 2.45) is 0 Å². The van der Waals surface area contributed by atoms with Gasteiger partial charge in [-0.05, 0) is 0 Å². The van der Waals surface area contributed by atoms with Gasteiger partial charge in [-0.3, -0.25) is 0 Å². The minimum atomic E-state index is -2.27. The average molecular weight is 396 g/mol. The summed E-state index contributed by atoms with van der Waals surface area (Å²) in [7, 11) is 0. The van der Waals surface area contributed by atoms with Crippen LogP contribution in [0.5, 0.6) is 0 Å². The van der Waals surface area contributed by atoms with Crippen LogP contribution in [0.2, 0.25) is 0 Å². The average Bonchev–Trinajstić information content (AvgIpc) is 2.92. The van der Waals surface area contributed by atoms with Crippen LogP contribution in [-0.4, -0.2) is 116 Å². The molecule has 2 saturated heterocycles. The highest BCUT2D eigenvalue weighted by molar-refractivity contribution is 5.81. The summed E-state index contributed by atoms with van der Waals surface area (Å²) in [5.41, 5.74) is 0. The molecule has 156 valence electrons. The van der Waals surface area contributed by atoms with E-state index in [0.717, 1.165) is 6.08 Å². The van der Waals surface area contributed by atoms with E-state index in [-0.39, 0.29) is 0 Å². The van der Waals surface area contributed by atoms with Gasteiger partial charge in [0.1, 0.15) is 55.9 Å². The number of aliphatic hydroxyl groups excluding tert-OH is 7. The Balaban J connectivity index is 2.15. The number of hydrogen-bond acceptors (Lipinski definition) is 12. The Hall–Kier alpha value is -1.19. The van der Waals surface area contributed by atoms with E-state index in [1.807, 2.05) is 0 Å². The van der Waals surface area contributed by atoms with Crippen LogP contribution in [0.1, 0.15) is 0 Å². The van der Waals surface area contributed by atoms with Crippen molar-refractivity contribution in [2.75, 3.05) is 19.8 Å². The van der Waals surface area contributed by atoms with Crippen molar-refractivity contribution in [2.45, 2.75) is 54.8 Å². The summed E-state index contributed by atoms with van der Waals surface area (Å²) in [6, 6.07) is 0. The lowest BCUT2D eigenvalue weighted by Gasteiger charge is -2.43. The van der Waals surface area contributed by atoms with Crippen molar-refractivity contribution in [3.8, 4) is 0 Å². The third-order valence-electron chi connectivity index (χ3n) is 4.45. The molecule has 0 amide bonds. The first kappa shape index (κ1) is 22.1. The Kier molecular flexibility index (Phi) is 7.27. The molecule has 2 aliphatic rings. The zero-order valence-electron chi connectivity index (χ0n) is 14.2. The van der Waals surface area contributed by atoms with E-state index in [1.165, 1.54) is 0 Å². The molecule has 12 nitrogen and oxygen atoms in total. The van der Waals surface area contributed by atoms with Crippen molar-refractivity contribution in [3.63, 3.8) is 0 Å².